The number of rotatable bonds is 4. The molecule has 3 heteroatoms. The molecule has 1 heterocycles. The molecule has 78 valence electrons. The second-order valence-electron chi connectivity index (χ2n) is 3.91. The fourth-order valence-corrected chi connectivity index (χ4v) is 1.94. The zero-order chi connectivity index (χ0) is 9.52. The Kier molecular flexibility index (Phi) is 5.35. The molecule has 2 atom stereocenters. The van der Waals surface area contributed by atoms with Crippen LogP contribution in [0.25, 0.3) is 0 Å². The first-order valence-corrected chi connectivity index (χ1v) is 5.20. The highest BCUT2D eigenvalue weighted by Crippen LogP contribution is 2.16. The van der Waals surface area contributed by atoms with Gasteiger partial charge in [0.25, 0.3) is 0 Å². The van der Waals surface area contributed by atoms with Crippen molar-refractivity contribution < 1.29 is 9.84 Å². The lowest BCUT2D eigenvalue weighted by molar-refractivity contribution is 0.0477. The number of hydrogen-bond donors (Lipinski definition) is 2. The van der Waals surface area contributed by atoms with Gasteiger partial charge in [-0.1, -0.05) is 6.42 Å². The van der Waals surface area contributed by atoms with E-state index in [1.165, 1.54) is 19.3 Å². The van der Waals surface area contributed by atoms with E-state index in [-0.39, 0.29) is 6.10 Å². The van der Waals surface area contributed by atoms with Crippen LogP contribution in [0, 0.1) is 5.92 Å². The first-order chi connectivity index (χ1) is 6.33. The van der Waals surface area contributed by atoms with E-state index in [9.17, 15) is 5.11 Å². The predicted molar refractivity (Wildman–Crippen MR) is 52.7 cm³/mol. The third-order valence-corrected chi connectivity index (χ3v) is 2.61. The molecule has 0 spiro atoms. The summed E-state index contributed by atoms with van der Waals surface area (Å²) in [6, 6.07) is 0. The molecule has 0 aromatic carbocycles. The number of hydrogen-bond acceptors (Lipinski definition) is 3. The molecule has 1 aliphatic heterocycles. The van der Waals surface area contributed by atoms with Crippen molar-refractivity contribution in [3.63, 3.8) is 0 Å². The Bertz CT molecular complexity index is 122. The van der Waals surface area contributed by atoms with Crippen molar-refractivity contribution in [1.29, 1.82) is 0 Å². The van der Waals surface area contributed by atoms with E-state index >= 15 is 0 Å². The van der Waals surface area contributed by atoms with Crippen LogP contribution < -0.4 is 5.32 Å². The number of methoxy groups -OCH3 is 1. The van der Waals surface area contributed by atoms with Gasteiger partial charge in [-0.2, -0.15) is 0 Å². The van der Waals surface area contributed by atoms with Crippen molar-refractivity contribution in [1.82, 2.24) is 5.32 Å². The third-order valence-electron chi connectivity index (χ3n) is 2.61. The van der Waals surface area contributed by atoms with Crippen molar-refractivity contribution in [2.75, 3.05) is 26.8 Å². The van der Waals surface area contributed by atoms with Gasteiger partial charge in [0.2, 0.25) is 0 Å². The molecule has 1 fully saturated rings. The minimum absolute atomic E-state index is 0.283. The third kappa shape index (κ3) is 4.60. The molecule has 0 radical (unpaired) electrons. The van der Waals surface area contributed by atoms with Crippen LogP contribution in [0.5, 0.6) is 0 Å². The van der Waals surface area contributed by atoms with Crippen LogP contribution in [0.4, 0.5) is 0 Å². The van der Waals surface area contributed by atoms with Crippen LogP contribution in [0.3, 0.4) is 0 Å². The molecule has 3 nitrogen and oxygen atoms in total. The molecule has 2 N–H and O–H groups in total. The smallest absolute Gasteiger partial charge is 0.0776 e. The summed E-state index contributed by atoms with van der Waals surface area (Å²) in [4.78, 5) is 0. The molecule has 0 bridgehead atoms. The number of aliphatic hydroxyl groups excluding tert-OH is 1. The molecule has 0 amide bonds. The normalized spacial score (nSPS) is 26.8. The maximum absolute atomic E-state index is 9.54. The minimum atomic E-state index is -0.283. The maximum atomic E-state index is 9.54. The van der Waals surface area contributed by atoms with E-state index in [4.69, 9.17) is 4.74 Å². The van der Waals surface area contributed by atoms with Crippen molar-refractivity contribution in [2.24, 2.45) is 5.92 Å². The topological polar surface area (TPSA) is 41.5 Å². The summed E-state index contributed by atoms with van der Waals surface area (Å²) in [5.41, 5.74) is 0. The van der Waals surface area contributed by atoms with Crippen molar-refractivity contribution in [3.05, 3.63) is 0 Å². The summed E-state index contributed by atoms with van der Waals surface area (Å²) >= 11 is 0. The van der Waals surface area contributed by atoms with E-state index in [0.717, 1.165) is 19.5 Å². The first kappa shape index (κ1) is 11.0. The van der Waals surface area contributed by atoms with E-state index in [1.807, 2.05) is 0 Å². The first-order valence-electron chi connectivity index (χ1n) is 5.20. The Morgan fingerprint density at radius 2 is 2.38 bits per heavy atom. The quantitative estimate of drug-likeness (QED) is 0.683. The van der Waals surface area contributed by atoms with E-state index in [0.29, 0.717) is 12.5 Å². The number of ether oxygens (including phenoxy) is 1. The molecule has 13 heavy (non-hydrogen) atoms. The van der Waals surface area contributed by atoms with Gasteiger partial charge in [0.05, 0.1) is 12.7 Å². The summed E-state index contributed by atoms with van der Waals surface area (Å²) < 4.78 is 4.91. The second-order valence-corrected chi connectivity index (χ2v) is 3.91. The molecule has 2 unspecified atom stereocenters. The average molecular weight is 187 g/mol. The Hall–Kier alpha value is -0.120. The molecular formula is C10H21NO2. The van der Waals surface area contributed by atoms with Crippen molar-refractivity contribution in [2.45, 2.75) is 31.8 Å². The highest BCUT2D eigenvalue weighted by atomic mass is 16.5. The molecular weight excluding hydrogens is 166 g/mol. The highest BCUT2D eigenvalue weighted by Gasteiger charge is 2.15. The predicted octanol–water partition coefficient (Wildman–Crippen LogP) is 0.774. The van der Waals surface area contributed by atoms with Gasteiger partial charge >= 0.3 is 0 Å². The Balaban J connectivity index is 2.17. The average Bonchev–Trinajstić information content (AvgIpc) is 2.33. The Morgan fingerprint density at radius 1 is 1.54 bits per heavy atom. The zero-order valence-corrected chi connectivity index (χ0v) is 8.46. The van der Waals surface area contributed by atoms with Gasteiger partial charge in [-0.25, -0.2) is 0 Å². The molecule has 1 saturated heterocycles. The zero-order valence-electron chi connectivity index (χ0n) is 8.46. The molecule has 0 saturated carbocycles. The molecule has 1 aliphatic rings. The van der Waals surface area contributed by atoms with Gasteiger partial charge in [0.1, 0.15) is 0 Å². The lowest BCUT2D eigenvalue weighted by Crippen LogP contribution is -2.26. The fraction of sp³-hybridized carbons (Fsp3) is 1.00. The standard InChI is InChI=1S/C10H21NO2/c1-13-8-10(12)6-9-4-2-3-5-11-7-9/h9-12H,2-8H2,1H3. The Labute approximate surface area is 80.5 Å². The summed E-state index contributed by atoms with van der Waals surface area (Å²) in [6.45, 7) is 2.66. The number of aliphatic hydroxyl groups is 1. The van der Waals surface area contributed by atoms with Gasteiger partial charge in [-0.15, -0.1) is 0 Å². The monoisotopic (exact) mass is 187 g/mol. The summed E-state index contributed by atoms with van der Waals surface area (Å²) in [6.07, 6.45) is 4.40. The van der Waals surface area contributed by atoms with Crippen LogP contribution in [-0.2, 0) is 4.74 Å². The van der Waals surface area contributed by atoms with E-state index in [1.54, 1.807) is 7.11 Å². The van der Waals surface area contributed by atoms with E-state index in [2.05, 4.69) is 5.32 Å². The highest BCUT2D eigenvalue weighted by molar-refractivity contribution is 4.70. The fourth-order valence-electron chi connectivity index (χ4n) is 1.94. The summed E-state index contributed by atoms with van der Waals surface area (Å²) in [5, 5.41) is 12.9. The molecule has 0 aromatic rings. The second kappa shape index (κ2) is 6.35. The van der Waals surface area contributed by atoms with Gasteiger partial charge < -0.3 is 15.2 Å². The molecule has 0 aromatic heterocycles. The SMILES string of the molecule is COCC(O)CC1CCCCNC1. The van der Waals surface area contributed by atoms with Crippen molar-refractivity contribution in [3.8, 4) is 0 Å². The van der Waals surface area contributed by atoms with E-state index < -0.39 is 0 Å². The van der Waals surface area contributed by atoms with Crippen molar-refractivity contribution >= 4 is 0 Å². The maximum Gasteiger partial charge on any atom is 0.0776 e. The molecule has 0 aliphatic carbocycles. The van der Waals surface area contributed by atoms with Crippen LogP contribution >= 0.6 is 0 Å². The lowest BCUT2D eigenvalue weighted by Gasteiger charge is -2.17. The van der Waals surface area contributed by atoms with Crippen LogP contribution in [0.2, 0.25) is 0 Å². The lowest BCUT2D eigenvalue weighted by atomic mass is 9.97. The largest absolute Gasteiger partial charge is 0.391 e. The van der Waals surface area contributed by atoms with Gasteiger partial charge in [0.15, 0.2) is 0 Å². The van der Waals surface area contributed by atoms with Crippen LogP contribution in [0.1, 0.15) is 25.7 Å². The number of nitrogens with one attached hydrogen (secondary N) is 1. The molecule has 1 rings (SSSR count). The minimum Gasteiger partial charge on any atom is -0.391 e. The van der Waals surface area contributed by atoms with Crippen LogP contribution in [0.15, 0.2) is 0 Å². The van der Waals surface area contributed by atoms with Gasteiger partial charge in [0, 0.05) is 7.11 Å². The van der Waals surface area contributed by atoms with Gasteiger partial charge in [-0.05, 0) is 38.3 Å². The van der Waals surface area contributed by atoms with Gasteiger partial charge in [-0.3, -0.25) is 0 Å². The summed E-state index contributed by atoms with van der Waals surface area (Å²) in [7, 11) is 1.63. The summed E-state index contributed by atoms with van der Waals surface area (Å²) in [5.74, 6) is 0.632. The van der Waals surface area contributed by atoms with Crippen LogP contribution in [-0.4, -0.2) is 38.0 Å². The Morgan fingerprint density at radius 3 is 3.15 bits per heavy atom.